The highest BCUT2D eigenvalue weighted by Gasteiger charge is 2.30. The van der Waals surface area contributed by atoms with Crippen LogP contribution in [0.1, 0.15) is 28.4 Å². The van der Waals surface area contributed by atoms with Gasteiger partial charge in [-0.15, -0.1) is 0 Å². The van der Waals surface area contributed by atoms with Crippen molar-refractivity contribution < 1.29 is 17.9 Å². The smallest absolute Gasteiger partial charge is 0.213 e. The van der Waals surface area contributed by atoms with Crippen LogP contribution in [0.15, 0.2) is 60.7 Å². The van der Waals surface area contributed by atoms with E-state index in [0.29, 0.717) is 11.3 Å². The molecule has 3 aromatic carbocycles. The summed E-state index contributed by atoms with van der Waals surface area (Å²) in [5, 5.41) is 5.25. The van der Waals surface area contributed by atoms with Crippen LogP contribution >= 0.6 is 0 Å². The van der Waals surface area contributed by atoms with Crippen LogP contribution in [-0.4, -0.2) is 15.5 Å². The number of ether oxygens (including phenoxy) is 2. The summed E-state index contributed by atoms with van der Waals surface area (Å²) in [6.45, 7) is 2.03. The molecule has 0 aliphatic carbocycles. The second kappa shape index (κ2) is 6.96. The van der Waals surface area contributed by atoms with Crippen LogP contribution in [0.25, 0.3) is 11.1 Å². The van der Waals surface area contributed by atoms with E-state index in [1.165, 1.54) is 0 Å². The van der Waals surface area contributed by atoms with Gasteiger partial charge in [-0.25, -0.2) is 13.6 Å². The lowest BCUT2D eigenvalue weighted by molar-refractivity contribution is 0.242. The zero-order chi connectivity index (χ0) is 19.9. The molecular formula is C22H21NO4S. The van der Waals surface area contributed by atoms with Gasteiger partial charge in [0.05, 0.1) is 18.4 Å². The molecule has 0 spiro atoms. The van der Waals surface area contributed by atoms with E-state index in [0.717, 1.165) is 33.6 Å². The summed E-state index contributed by atoms with van der Waals surface area (Å²) in [7, 11) is -2.01. The van der Waals surface area contributed by atoms with Crippen molar-refractivity contribution in [3.05, 3.63) is 82.9 Å². The van der Waals surface area contributed by atoms with E-state index in [9.17, 15) is 8.42 Å². The molecule has 6 heteroatoms. The van der Waals surface area contributed by atoms with Crippen LogP contribution in [0, 0.1) is 6.92 Å². The highest BCUT2D eigenvalue weighted by atomic mass is 32.2. The molecule has 144 valence electrons. The Morgan fingerprint density at radius 3 is 2.57 bits per heavy atom. The maximum atomic E-state index is 11.6. The Bertz CT molecular complexity index is 1150. The second-order valence-corrected chi connectivity index (χ2v) is 8.59. The third kappa shape index (κ3) is 3.48. The summed E-state index contributed by atoms with van der Waals surface area (Å²) < 4.78 is 35.1. The van der Waals surface area contributed by atoms with Crippen LogP contribution in [0.2, 0.25) is 0 Å². The summed E-state index contributed by atoms with van der Waals surface area (Å²) in [4.78, 5) is 0. The molecule has 3 aromatic rings. The van der Waals surface area contributed by atoms with Crippen molar-refractivity contribution >= 4 is 10.0 Å². The predicted molar refractivity (Wildman–Crippen MR) is 109 cm³/mol. The van der Waals surface area contributed by atoms with Gasteiger partial charge in [0, 0.05) is 5.56 Å². The molecule has 0 fully saturated rings. The SMILES string of the molecule is COc1cccc2c1-c1ccc(CS(N)(=O)=O)cc1C(c1cccc(C)c1)O2. The van der Waals surface area contributed by atoms with Crippen molar-refractivity contribution in [1.29, 1.82) is 0 Å². The Morgan fingerprint density at radius 2 is 1.86 bits per heavy atom. The molecule has 1 unspecified atom stereocenters. The topological polar surface area (TPSA) is 78.6 Å². The summed E-state index contributed by atoms with van der Waals surface area (Å²) in [6, 6.07) is 19.4. The first-order chi connectivity index (χ1) is 13.4. The van der Waals surface area contributed by atoms with Crippen molar-refractivity contribution in [3.63, 3.8) is 0 Å². The third-order valence-electron chi connectivity index (χ3n) is 4.83. The molecule has 4 rings (SSSR count). The van der Waals surface area contributed by atoms with E-state index in [4.69, 9.17) is 14.6 Å². The van der Waals surface area contributed by atoms with Gasteiger partial charge in [-0.05, 0) is 35.7 Å². The lowest BCUT2D eigenvalue weighted by atomic mass is 9.88. The Labute approximate surface area is 164 Å². The molecule has 1 aliphatic heterocycles. The van der Waals surface area contributed by atoms with E-state index >= 15 is 0 Å². The first-order valence-corrected chi connectivity index (χ1v) is 10.6. The van der Waals surface area contributed by atoms with Gasteiger partial charge in [0.15, 0.2) is 0 Å². The van der Waals surface area contributed by atoms with Crippen LogP contribution in [0.3, 0.4) is 0 Å². The summed E-state index contributed by atoms with van der Waals surface area (Å²) in [5.41, 5.74) is 5.47. The monoisotopic (exact) mass is 395 g/mol. The number of nitrogens with two attached hydrogens (primary N) is 1. The Hall–Kier alpha value is -2.83. The van der Waals surface area contributed by atoms with Gasteiger partial charge in [-0.3, -0.25) is 0 Å². The number of aryl methyl sites for hydroxylation is 1. The summed E-state index contributed by atoms with van der Waals surface area (Å²) in [6.07, 6.45) is -0.352. The van der Waals surface area contributed by atoms with E-state index < -0.39 is 10.0 Å². The minimum atomic E-state index is -3.63. The molecule has 0 bridgehead atoms. The standard InChI is InChI=1S/C22H21NO4S/c1-14-5-3-6-16(11-14)22-18-12-15(13-28(23,24)25)9-10-17(18)21-19(26-2)7-4-8-20(21)27-22/h3-12,22H,13H2,1-2H3,(H2,23,24,25). The number of fused-ring (bicyclic) bond motifs is 3. The molecule has 0 saturated carbocycles. The number of rotatable bonds is 4. The highest BCUT2D eigenvalue weighted by molar-refractivity contribution is 7.88. The maximum Gasteiger partial charge on any atom is 0.213 e. The first-order valence-electron chi connectivity index (χ1n) is 8.89. The van der Waals surface area contributed by atoms with Gasteiger partial charge in [0.25, 0.3) is 0 Å². The molecule has 1 aliphatic rings. The largest absolute Gasteiger partial charge is 0.496 e. The average Bonchev–Trinajstić information content (AvgIpc) is 2.65. The van der Waals surface area contributed by atoms with Gasteiger partial charge < -0.3 is 9.47 Å². The Morgan fingerprint density at radius 1 is 1.07 bits per heavy atom. The minimum absolute atomic E-state index is 0.223. The van der Waals surface area contributed by atoms with Crippen molar-refractivity contribution in [2.75, 3.05) is 7.11 Å². The molecule has 28 heavy (non-hydrogen) atoms. The van der Waals surface area contributed by atoms with Crippen LogP contribution in [0.5, 0.6) is 11.5 Å². The van der Waals surface area contributed by atoms with E-state index in [2.05, 4.69) is 6.07 Å². The summed E-state index contributed by atoms with van der Waals surface area (Å²) in [5.74, 6) is 1.22. The lowest BCUT2D eigenvalue weighted by Crippen LogP contribution is -2.18. The maximum absolute atomic E-state index is 11.6. The van der Waals surface area contributed by atoms with Gasteiger partial charge >= 0.3 is 0 Å². The highest BCUT2D eigenvalue weighted by Crippen LogP contribution is 2.49. The summed E-state index contributed by atoms with van der Waals surface area (Å²) >= 11 is 0. The number of hydrogen-bond donors (Lipinski definition) is 1. The number of methoxy groups -OCH3 is 1. The molecule has 0 amide bonds. The number of benzene rings is 3. The van der Waals surface area contributed by atoms with Crippen molar-refractivity contribution in [2.24, 2.45) is 5.14 Å². The van der Waals surface area contributed by atoms with E-state index in [1.807, 2.05) is 55.5 Å². The fraction of sp³-hybridized carbons (Fsp3) is 0.182. The van der Waals surface area contributed by atoms with Crippen LogP contribution < -0.4 is 14.6 Å². The molecule has 0 radical (unpaired) electrons. The first kappa shape index (κ1) is 18.5. The fourth-order valence-corrected chi connectivity index (χ4v) is 4.34. The molecule has 1 heterocycles. The number of primary sulfonamides is 1. The predicted octanol–water partition coefficient (Wildman–Crippen LogP) is 3.94. The molecule has 5 nitrogen and oxygen atoms in total. The molecule has 2 N–H and O–H groups in total. The molecule has 1 atom stereocenters. The van der Waals surface area contributed by atoms with Gasteiger partial charge in [0.2, 0.25) is 10.0 Å². The van der Waals surface area contributed by atoms with E-state index in [-0.39, 0.29) is 11.9 Å². The number of hydrogen-bond acceptors (Lipinski definition) is 4. The van der Waals surface area contributed by atoms with Crippen molar-refractivity contribution in [2.45, 2.75) is 18.8 Å². The van der Waals surface area contributed by atoms with Crippen molar-refractivity contribution in [1.82, 2.24) is 0 Å². The molecule has 0 aromatic heterocycles. The third-order valence-corrected chi connectivity index (χ3v) is 5.57. The average molecular weight is 395 g/mol. The van der Waals surface area contributed by atoms with Gasteiger partial charge in [-0.1, -0.05) is 54.1 Å². The normalized spacial score (nSPS) is 15.3. The molecular weight excluding hydrogens is 374 g/mol. The zero-order valence-electron chi connectivity index (χ0n) is 15.7. The fourth-order valence-electron chi connectivity index (χ4n) is 3.69. The van der Waals surface area contributed by atoms with E-state index in [1.54, 1.807) is 13.2 Å². The second-order valence-electron chi connectivity index (χ2n) is 6.97. The quantitative estimate of drug-likeness (QED) is 0.726. The Kier molecular flexibility index (Phi) is 4.61. The number of sulfonamides is 1. The zero-order valence-corrected chi connectivity index (χ0v) is 16.5. The van der Waals surface area contributed by atoms with Gasteiger partial charge in [0.1, 0.15) is 17.6 Å². The van der Waals surface area contributed by atoms with Crippen molar-refractivity contribution in [3.8, 4) is 22.6 Å². The van der Waals surface area contributed by atoms with Gasteiger partial charge in [-0.2, -0.15) is 0 Å². The molecule has 0 saturated heterocycles. The van der Waals surface area contributed by atoms with Crippen LogP contribution in [0.4, 0.5) is 0 Å². The Balaban J connectivity index is 1.93. The minimum Gasteiger partial charge on any atom is -0.496 e. The van der Waals surface area contributed by atoms with Crippen LogP contribution in [-0.2, 0) is 15.8 Å². The lowest BCUT2D eigenvalue weighted by Gasteiger charge is -2.30.